The third-order valence-electron chi connectivity index (χ3n) is 1.92. The van der Waals surface area contributed by atoms with Crippen LogP contribution in [0.4, 0.5) is 0 Å². The normalized spacial score (nSPS) is 11.1. The topological polar surface area (TPSA) is 63.5 Å². The molecule has 0 aliphatic rings. The van der Waals surface area contributed by atoms with Crippen molar-refractivity contribution in [3.8, 4) is 0 Å². The largest absolute Gasteiger partial charge is 0.378 e. The van der Waals surface area contributed by atoms with Gasteiger partial charge in [0.2, 0.25) is 0 Å². The molecule has 1 aromatic rings. The zero-order valence-electron chi connectivity index (χ0n) is 9.38. The minimum absolute atomic E-state index is 0.290. The lowest BCUT2D eigenvalue weighted by molar-refractivity contribution is -0.417. The van der Waals surface area contributed by atoms with Crippen LogP contribution in [0.5, 0.6) is 0 Å². The number of hydrogen-bond acceptors (Lipinski definition) is 4. The van der Waals surface area contributed by atoms with E-state index in [9.17, 15) is 14.9 Å². The first-order chi connectivity index (χ1) is 7.91. The molecule has 0 aliphatic carbocycles. The SMILES string of the molecule is CN(C)/C=C(\C(=O)c1ccc(Br)cc1)[N+](=O)[O-]. The Labute approximate surface area is 107 Å². The van der Waals surface area contributed by atoms with Gasteiger partial charge in [-0.15, -0.1) is 0 Å². The molecule has 0 N–H and O–H groups in total. The van der Waals surface area contributed by atoms with Gasteiger partial charge in [0, 0.05) is 24.1 Å². The molecule has 0 amide bonds. The molecule has 0 spiro atoms. The Balaban J connectivity index is 3.09. The van der Waals surface area contributed by atoms with Gasteiger partial charge in [-0.1, -0.05) is 15.9 Å². The van der Waals surface area contributed by atoms with E-state index in [0.29, 0.717) is 0 Å². The van der Waals surface area contributed by atoms with E-state index < -0.39 is 16.4 Å². The van der Waals surface area contributed by atoms with Crippen molar-refractivity contribution in [2.75, 3.05) is 14.1 Å². The number of halogens is 1. The highest BCUT2D eigenvalue weighted by atomic mass is 79.9. The van der Waals surface area contributed by atoms with E-state index >= 15 is 0 Å². The number of rotatable bonds is 4. The number of ketones is 1. The summed E-state index contributed by atoms with van der Waals surface area (Å²) in [4.78, 5) is 23.5. The molecular formula is C11H11BrN2O3. The van der Waals surface area contributed by atoms with Gasteiger partial charge >= 0.3 is 5.70 Å². The molecule has 5 nitrogen and oxygen atoms in total. The summed E-state index contributed by atoms with van der Waals surface area (Å²) < 4.78 is 0.813. The van der Waals surface area contributed by atoms with Crippen LogP contribution < -0.4 is 0 Å². The summed E-state index contributed by atoms with van der Waals surface area (Å²) >= 11 is 3.23. The van der Waals surface area contributed by atoms with Crippen molar-refractivity contribution in [3.63, 3.8) is 0 Å². The molecule has 0 bridgehead atoms. The lowest BCUT2D eigenvalue weighted by Crippen LogP contribution is -2.16. The molecule has 0 atom stereocenters. The van der Waals surface area contributed by atoms with E-state index in [1.165, 1.54) is 11.1 Å². The first-order valence-corrected chi connectivity index (χ1v) is 5.54. The minimum Gasteiger partial charge on any atom is -0.378 e. The summed E-state index contributed by atoms with van der Waals surface area (Å²) in [6, 6.07) is 6.42. The van der Waals surface area contributed by atoms with Crippen LogP contribution in [0.25, 0.3) is 0 Å². The summed E-state index contributed by atoms with van der Waals surface area (Å²) in [6.07, 6.45) is 1.20. The van der Waals surface area contributed by atoms with Crippen molar-refractivity contribution in [3.05, 3.63) is 56.3 Å². The molecule has 0 heterocycles. The predicted molar refractivity (Wildman–Crippen MR) is 67.2 cm³/mol. The quantitative estimate of drug-likeness (QED) is 0.370. The zero-order valence-corrected chi connectivity index (χ0v) is 11.0. The van der Waals surface area contributed by atoms with Crippen molar-refractivity contribution >= 4 is 21.7 Å². The molecule has 0 aromatic heterocycles. The van der Waals surface area contributed by atoms with Gasteiger partial charge in [-0.05, 0) is 24.3 Å². The highest BCUT2D eigenvalue weighted by molar-refractivity contribution is 9.10. The molecule has 0 fully saturated rings. The predicted octanol–water partition coefficient (Wildman–Crippen LogP) is 2.31. The smallest absolute Gasteiger partial charge is 0.332 e. The second kappa shape index (κ2) is 5.58. The van der Waals surface area contributed by atoms with Gasteiger partial charge in [0.1, 0.15) is 0 Å². The van der Waals surface area contributed by atoms with Crippen molar-refractivity contribution in [2.24, 2.45) is 0 Å². The average Bonchev–Trinajstić information content (AvgIpc) is 2.25. The van der Waals surface area contributed by atoms with Crippen LogP contribution in [-0.2, 0) is 0 Å². The van der Waals surface area contributed by atoms with Crippen molar-refractivity contribution in [1.82, 2.24) is 4.90 Å². The number of hydrogen-bond donors (Lipinski definition) is 0. The van der Waals surface area contributed by atoms with Gasteiger partial charge in [-0.3, -0.25) is 14.9 Å². The van der Waals surface area contributed by atoms with Crippen LogP contribution in [0.3, 0.4) is 0 Å². The Kier molecular flexibility index (Phi) is 4.39. The van der Waals surface area contributed by atoms with Crippen LogP contribution in [-0.4, -0.2) is 29.7 Å². The fourth-order valence-corrected chi connectivity index (χ4v) is 1.45. The summed E-state index contributed by atoms with van der Waals surface area (Å²) in [5.41, 5.74) is -0.157. The third-order valence-corrected chi connectivity index (χ3v) is 2.44. The lowest BCUT2D eigenvalue weighted by Gasteiger charge is -2.05. The monoisotopic (exact) mass is 298 g/mol. The molecule has 0 radical (unpaired) electrons. The molecule has 0 unspecified atom stereocenters. The maximum atomic E-state index is 11.9. The summed E-state index contributed by atoms with van der Waals surface area (Å²) in [5, 5.41) is 10.8. The van der Waals surface area contributed by atoms with Crippen LogP contribution in [0.2, 0.25) is 0 Å². The van der Waals surface area contributed by atoms with Crippen molar-refractivity contribution < 1.29 is 9.72 Å². The van der Waals surface area contributed by atoms with Crippen LogP contribution in [0.15, 0.2) is 40.6 Å². The van der Waals surface area contributed by atoms with Gasteiger partial charge in [0.15, 0.2) is 0 Å². The molecule has 6 heteroatoms. The number of carbonyl (C=O) groups excluding carboxylic acids is 1. The highest BCUT2D eigenvalue weighted by Crippen LogP contribution is 2.14. The van der Waals surface area contributed by atoms with Crippen LogP contribution in [0.1, 0.15) is 10.4 Å². The second-order valence-electron chi connectivity index (χ2n) is 3.57. The number of allylic oxidation sites excluding steroid dienone is 1. The van der Waals surface area contributed by atoms with Gasteiger partial charge < -0.3 is 4.90 Å². The Morgan fingerprint density at radius 2 is 1.88 bits per heavy atom. The fraction of sp³-hybridized carbons (Fsp3) is 0.182. The second-order valence-corrected chi connectivity index (χ2v) is 4.49. The van der Waals surface area contributed by atoms with E-state index in [-0.39, 0.29) is 5.56 Å². The molecular weight excluding hydrogens is 288 g/mol. The van der Waals surface area contributed by atoms with Crippen molar-refractivity contribution in [1.29, 1.82) is 0 Å². The number of benzene rings is 1. The standard InChI is InChI=1S/C11H11BrN2O3/c1-13(2)7-10(14(16)17)11(15)8-3-5-9(12)6-4-8/h3-7H,1-2H3/b10-7+. The molecule has 0 saturated carbocycles. The highest BCUT2D eigenvalue weighted by Gasteiger charge is 2.23. The number of nitrogens with zero attached hydrogens (tertiary/aromatic N) is 2. The molecule has 17 heavy (non-hydrogen) atoms. The molecule has 90 valence electrons. The van der Waals surface area contributed by atoms with Gasteiger partial charge in [-0.25, -0.2) is 0 Å². The van der Waals surface area contributed by atoms with Gasteiger partial charge in [0.05, 0.1) is 11.1 Å². The van der Waals surface area contributed by atoms with E-state index in [2.05, 4.69) is 15.9 Å². The van der Waals surface area contributed by atoms with E-state index in [4.69, 9.17) is 0 Å². The first-order valence-electron chi connectivity index (χ1n) is 4.74. The summed E-state index contributed by atoms with van der Waals surface area (Å²) in [5.74, 6) is -0.601. The molecule has 0 aliphatic heterocycles. The van der Waals surface area contributed by atoms with E-state index in [1.807, 2.05) is 0 Å². The van der Waals surface area contributed by atoms with Crippen molar-refractivity contribution in [2.45, 2.75) is 0 Å². The lowest BCUT2D eigenvalue weighted by atomic mass is 10.1. The molecule has 1 aromatic carbocycles. The van der Waals surface area contributed by atoms with Gasteiger partial charge in [0.25, 0.3) is 5.78 Å². The minimum atomic E-state index is -0.676. The molecule has 1 rings (SSSR count). The van der Waals surface area contributed by atoms with Gasteiger partial charge in [-0.2, -0.15) is 0 Å². The Morgan fingerprint density at radius 1 is 1.35 bits per heavy atom. The number of nitro groups is 1. The van der Waals surface area contributed by atoms with Crippen LogP contribution >= 0.6 is 15.9 Å². The summed E-state index contributed by atoms with van der Waals surface area (Å²) in [6.45, 7) is 0. The Bertz CT molecular complexity index is 466. The van der Waals surface area contributed by atoms with Crippen LogP contribution in [0, 0.1) is 10.1 Å². The zero-order chi connectivity index (χ0) is 13.0. The Morgan fingerprint density at radius 3 is 2.29 bits per heavy atom. The first kappa shape index (κ1) is 13.4. The maximum absolute atomic E-state index is 11.9. The molecule has 0 saturated heterocycles. The summed E-state index contributed by atoms with van der Waals surface area (Å²) in [7, 11) is 3.25. The Hall–Kier alpha value is -1.69. The number of Topliss-reactive ketones (excluding diaryl/α,β-unsaturated/α-hetero) is 1. The third kappa shape index (κ3) is 3.67. The fourth-order valence-electron chi connectivity index (χ4n) is 1.18. The van der Waals surface area contributed by atoms with E-state index in [0.717, 1.165) is 4.47 Å². The average molecular weight is 299 g/mol. The maximum Gasteiger partial charge on any atom is 0.332 e. The van der Waals surface area contributed by atoms with E-state index in [1.54, 1.807) is 38.4 Å². The number of carbonyl (C=O) groups is 1.